The van der Waals surface area contributed by atoms with Crippen molar-refractivity contribution in [3.05, 3.63) is 65.0 Å². The molecule has 0 radical (unpaired) electrons. The number of ether oxygens (including phenoxy) is 1. The van der Waals surface area contributed by atoms with E-state index in [1.54, 1.807) is 0 Å². The van der Waals surface area contributed by atoms with Crippen LogP contribution in [0.5, 0.6) is 5.75 Å². The molecule has 30 heavy (non-hydrogen) atoms. The predicted octanol–water partition coefficient (Wildman–Crippen LogP) is 4.00. The lowest BCUT2D eigenvalue weighted by molar-refractivity contribution is -0.116. The Morgan fingerprint density at radius 1 is 1.17 bits per heavy atom. The molecule has 0 unspecified atom stereocenters. The highest BCUT2D eigenvalue weighted by molar-refractivity contribution is 8.00. The van der Waals surface area contributed by atoms with Gasteiger partial charge in [-0.1, -0.05) is 36.0 Å². The highest BCUT2D eigenvalue weighted by Gasteiger charge is 2.37. The van der Waals surface area contributed by atoms with Crippen molar-refractivity contribution in [3.8, 4) is 5.75 Å². The van der Waals surface area contributed by atoms with Gasteiger partial charge in [-0.2, -0.15) is 0 Å². The third kappa shape index (κ3) is 4.00. The molecule has 8 heteroatoms. The summed E-state index contributed by atoms with van der Waals surface area (Å²) in [4.78, 5) is 13.3. The van der Waals surface area contributed by atoms with Crippen LogP contribution in [-0.4, -0.2) is 32.6 Å². The molecule has 4 rings (SSSR count). The second-order valence-electron chi connectivity index (χ2n) is 7.32. The molecule has 1 aliphatic rings. The number of amides is 1. The summed E-state index contributed by atoms with van der Waals surface area (Å²) in [5, 5.41) is 11.7. The third-order valence-corrected chi connectivity index (χ3v) is 6.27. The minimum Gasteiger partial charge on any atom is -0.494 e. The van der Waals surface area contributed by atoms with E-state index in [2.05, 4.69) is 20.9 Å². The zero-order chi connectivity index (χ0) is 21.3. The minimum absolute atomic E-state index is 0.0769. The quantitative estimate of drug-likeness (QED) is 0.646. The van der Waals surface area contributed by atoms with Crippen LogP contribution in [0.2, 0.25) is 0 Å². The van der Waals surface area contributed by atoms with Crippen LogP contribution in [-0.2, 0) is 4.79 Å². The third-order valence-electron chi connectivity index (χ3n) is 5.06. The van der Waals surface area contributed by atoms with Crippen molar-refractivity contribution >= 4 is 23.4 Å². The van der Waals surface area contributed by atoms with Crippen LogP contribution in [0.1, 0.15) is 35.5 Å². The largest absolute Gasteiger partial charge is 0.494 e. The van der Waals surface area contributed by atoms with Gasteiger partial charge in [0.05, 0.1) is 12.6 Å². The van der Waals surface area contributed by atoms with Gasteiger partial charge in [0, 0.05) is 5.69 Å². The first-order valence-corrected chi connectivity index (χ1v) is 10.8. The predicted molar refractivity (Wildman–Crippen MR) is 119 cm³/mol. The van der Waals surface area contributed by atoms with Gasteiger partial charge in [-0.25, -0.2) is 4.68 Å². The number of aryl methyl sites for hydroxylation is 3. The van der Waals surface area contributed by atoms with Gasteiger partial charge in [-0.3, -0.25) is 4.79 Å². The zero-order valence-corrected chi connectivity index (χ0v) is 18.3. The molecule has 0 saturated heterocycles. The Morgan fingerprint density at radius 2 is 1.93 bits per heavy atom. The lowest BCUT2D eigenvalue weighted by Gasteiger charge is -2.33. The van der Waals surface area contributed by atoms with E-state index in [4.69, 9.17) is 4.74 Å². The van der Waals surface area contributed by atoms with Crippen molar-refractivity contribution in [2.24, 2.45) is 0 Å². The van der Waals surface area contributed by atoms with Crippen LogP contribution in [0, 0.1) is 20.8 Å². The average molecular weight is 424 g/mol. The monoisotopic (exact) mass is 423 g/mol. The molecule has 2 aromatic carbocycles. The lowest BCUT2D eigenvalue weighted by Crippen LogP contribution is -2.41. The first kappa shape index (κ1) is 20.3. The second-order valence-corrected chi connectivity index (χ2v) is 8.43. The number of hydrogen-bond acceptors (Lipinski definition) is 6. The molecular weight excluding hydrogens is 398 g/mol. The number of carbonyl (C=O) groups excluding carboxylic acids is 1. The Morgan fingerprint density at radius 3 is 2.67 bits per heavy atom. The van der Waals surface area contributed by atoms with Gasteiger partial charge in [0.1, 0.15) is 16.8 Å². The number of carbonyl (C=O) groups is 1. The maximum Gasteiger partial charge on any atom is 0.240 e. The van der Waals surface area contributed by atoms with Gasteiger partial charge >= 0.3 is 0 Å². The fourth-order valence-electron chi connectivity index (χ4n) is 3.42. The number of nitrogens with one attached hydrogen (secondary N) is 2. The molecule has 1 amide bonds. The van der Waals surface area contributed by atoms with E-state index < -0.39 is 5.25 Å². The summed E-state index contributed by atoms with van der Waals surface area (Å²) >= 11 is 1.42. The van der Waals surface area contributed by atoms with Gasteiger partial charge < -0.3 is 15.5 Å². The Kier molecular flexibility index (Phi) is 5.67. The van der Waals surface area contributed by atoms with Gasteiger partial charge in [-0.05, 0) is 62.6 Å². The number of benzene rings is 2. The average Bonchev–Trinajstić information content (AvgIpc) is 3.10. The highest BCUT2D eigenvalue weighted by Crippen LogP contribution is 2.38. The van der Waals surface area contributed by atoms with Crippen molar-refractivity contribution in [1.82, 2.24) is 14.9 Å². The number of thioether (sulfide) groups is 1. The molecule has 2 atom stereocenters. The summed E-state index contributed by atoms with van der Waals surface area (Å²) in [5.41, 5.74) is 7.37. The summed E-state index contributed by atoms with van der Waals surface area (Å²) in [6.45, 7) is 8.46. The van der Waals surface area contributed by atoms with E-state index in [-0.39, 0.29) is 11.9 Å². The van der Waals surface area contributed by atoms with Crippen LogP contribution >= 0.6 is 11.8 Å². The Balaban J connectivity index is 1.65. The first-order valence-electron chi connectivity index (χ1n) is 9.92. The molecule has 1 aliphatic heterocycles. The highest BCUT2D eigenvalue weighted by atomic mass is 32.2. The minimum atomic E-state index is -0.418. The number of fused-ring (bicyclic) bond motifs is 1. The fourth-order valence-corrected chi connectivity index (χ4v) is 4.55. The Bertz CT molecular complexity index is 1060. The molecular formula is C22H25N5O2S. The first-order chi connectivity index (χ1) is 14.5. The van der Waals surface area contributed by atoms with Crippen LogP contribution < -0.4 is 15.5 Å². The summed E-state index contributed by atoms with van der Waals surface area (Å²) in [6, 6.07) is 13.6. The standard InChI is InChI=1S/C22H25N5O2S/c1-5-29-17-10-8-16(9-11-17)19-20(30-22-25-24-15(4)27(22)26-19)21(28)23-18-12-13(2)6-7-14(18)3/h6-12,19-20,26H,5H2,1-4H3,(H,23,28)/t19-,20+/m0/s1. The summed E-state index contributed by atoms with van der Waals surface area (Å²) in [5.74, 6) is 1.48. The van der Waals surface area contributed by atoms with E-state index >= 15 is 0 Å². The second kappa shape index (κ2) is 8.39. The lowest BCUT2D eigenvalue weighted by atomic mass is 10.0. The molecule has 2 heterocycles. The summed E-state index contributed by atoms with van der Waals surface area (Å²) in [7, 11) is 0. The van der Waals surface area contributed by atoms with Crippen molar-refractivity contribution in [2.45, 2.75) is 44.1 Å². The maximum atomic E-state index is 13.3. The van der Waals surface area contributed by atoms with Crippen LogP contribution in [0.25, 0.3) is 0 Å². The van der Waals surface area contributed by atoms with Gasteiger partial charge in [-0.15, -0.1) is 10.2 Å². The molecule has 7 nitrogen and oxygen atoms in total. The van der Waals surface area contributed by atoms with E-state index in [0.717, 1.165) is 34.0 Å². The molecule has 156 valence electrons. The number of hydrogen-bond donors (Lipinski definition) is 2. The van der Waals surface area contributed by atoms with Crippen LogP contribution in [0.15, 0.2) is 47.6 Å². The number of anilines is 1. The summed E-state index contributed by atoms with van der Waals surface area (Å²) < 4.78 is 7.40. The molecule has 0 bridgehead atoms. The fraction of sp³-hybridized carbons (Fsp3) is 0.318. The van der Waals surface area contributed by atoms with Crippen molar-refractivity contribution in [3.63, 3.8) is 0 Å². The topological polar surface area (TPSA) is 81.1 Å². The van der Waals surface area contributed by atoms with Crippen molar-refractivity contribution in [1.29, 1.82) is 0 Å². The number of nitrogens with zero attached hydrogens (tertiary/aromatic N) is 3. The van der Waals surface area contributed by atoms with Gasteiger partial charge in [0.2, 0.25) is 11.1 Å². The number of rotatable bonds is 5. The Labute approximate surface area is 180 Å². The van der Waals surface area contributed by atoms with E-state index in [9.17, 15) is 4.79 Å². The molecule has 0 aliphatic carbocycles. The Hall–Kier alpha value is -3.00. The van der Waals surface area contributed by atoms with E-state index in [1.165, 1.54) is 11.8 Å². The molecule has 3 aromatic rings. The molecule has 0 saturated carbocycles. The molecule has 2 N–H and O–H groups in total. The number of aromatic nitrogens is 3. The molecule has 0 fully saturated rings. The van der Waals surface area contributed by atoms with Gasteiger partial charge in [0.15, 0.2) is 0 Å². The van der Waals surface area contributed by atoms with Crippen molar-refractivity contribution in [2.75, 3.05) is 17.3 Å². The van der Waals surface area contributed by atoms with E-state index in [1.807, 2.05) is 74.8 Å². The molecule has 0 spiro atoms. The smallest absolute Gasteiger partial charge is 0.240 e. The summed E-state index contributed by atoms with van der Waals surface area (Å²) in [6.07, 6.45) is 0. The molecule has 1 aromatic heterocycles. The van der Waals surface area contributed by atoms with Gasteiger partial charge in [0.25, 0.3) is 0 Å². The normalized spacial score (nSPS) is 17.7. The SMILES string of the molecule is CCOc1ccc([C@@H]2Nn3c(C)nnc3S[C@H]2C(=O)Nc2cc(C)ccc2C)cc1. The van der Waals surface area contributed by atoms with E-state index in [0.29, 0.717) is 11.8 Å². The zero-order valence-electron chi connectivity index (χ0n) is 17.5. The van der Waals surface area contributed by atoms with Crippen molar-refractivity contribution < 1.29 is 9.53 Å². The maximum absolute atomic E-state index is 13.3. The van der Waals surface area contributed by atoms with Crippen LogP contribution in [0.4, 0.5) is 5.69 Å². The van der Waals surface area contributed by atoms with Crippen LogP contribution in [0.3, 0.4) is 0 Å².